The summed E-state index contributed by atoms with van der Waals surface area (Å²) in [5.74, 6) is 1.75. The standard InChI is InChI=1S/C8H8O2.C7H6N2S.C7H8.C2H6/c1-6-3-2-4-7-8(6)10-5-9-7;1-5-3-2-4-6-7(5)9-10-8-6;1-7-5-3-2-4-6-7;1-2/h2-4H,5H2,1H3;2-4H,1H3;2-6H,1H3;1-2H3. The first-order valence-electron chi connectivity index (χ1n) is 9.70. The molecule has 0 bridgehead atoms. The number of benzene rings is 3. The Morgan fingerprint density at radius 2 is 1.41 bits per heavy atom. The van der Waals surface area contributed by atoms with E-state index in [2.05, 4.69) is 27.8 Å². The van der Waals surface area contributed by atoms with E-state index < -0.39 is 0 Å². The van der Waals surface area contributed by atoms with Gasteiger partial charge in [-0.25, -0.2) is 0 Å². The Morgan fingerprint density at radius 1 is 0.724 bits per heavy atom. The van der Waals surface area contributed by atoms with Gasteiger partial charge < -0.3 is 9.47 Å². The molecule has 0 amide bonds. The van der Waals surface area contributed by atoms with Crippen LogP contribution in [0.1, 0.15) is 30.5 Å². The normalized spacial score (nSPS) is 10.7. The van der Waals surface area contributed by atoms with Crippen molar-refractivity contribution in [1.82, 2.24) is 8.75 Å². The topological polar surface area (TPSA) is 44.2 Å². The first kappa shape index (κ1) is 22.4. The first-order valence-corrected chi connectivity index (χ1v) is 10.4. The molecule has 152 valence electrons. The molecule has 2 heterocycles. The van der Waals surface area contributed by atoms with Crippen LogP contribution in [0.5, 0.6) is 11.5 Å². The maximum Gasteiger partial charge on any atom is 0.231 e. The van der Waals surface area contributed by atoms with Crippen LogP contribution >= 0.6 is 11.7 Å². The molecule has 1 aromatic heterocycles. The van der Waals surface area contributed by atoms with Crippen molar-refractivity contribution in [1.29, 1.82) is 0 Å². The summed E-state index contributed by atoms with van der Waals surface area (Å²) in [6, 6.07) is 22.2. The Hall–Kier alpha value is -2.92. The van der Waals surface area contributed by atoms with E-state index in [4.69, 9.17) is 9.47 Å². The van der Waals surface area contributed by atoms with E-state index in [-0.39, 0.29) is 0 Å². The fraction of sp³-hybridized carbons (Fsp3) is 0.250. The Kier molecular flexibility index (Phi) is 9.12. The number of aryl methyl sites for hydroxylation is 3. The molecule has 3 aromatic carbocycles. The highest BCUT2D eigenvalue weighted by molar-refractivity contribution is 7.00. The van der Waals surface area contributed by atoms with Crippen molar-refractivity contribution in [3.8, 4) is 11.5 Å². The Bertz CT molecular complexity index is 1000. The lowest BCUT2D eigenvalue weighted by Gasteiger charge is -1.96. The molecular weight excluding hydrogens is 380 g/mol. The fourth-order valence-electron chi connectivity index (χ4n) is 2.55. The lowest BCUT2D eigenvalue weighted by Crippen LogP contribution is -1.93. The maximum atomic E-state index is 5.21. The van der Waals surface area contributed by atoms with Crippen LogP contribution in [0, 0.1) is 20.8 Å². The summed E-state index contributed by atoms with van der Waals surface area (Å²) in [4.78, 5) is 0. The van der Waals surface area contributed by atoms with Gasteiger partial charge in [-0.05, 0) is 44.0 Å². The van der Waals surface area contributed by atoms with Gasteiger partial charge in [0.05, 0.1) is 11.7 Å². The Morgan fingerprint density at radius 3 is 2.03 bits per heavy atom. The van der Waals surface area contributed by atoms with E-state index in [9.17, 15) is 0 Å². The van der Waals surface area contributed by atoms with Crippen LogP contribution < -0.4 is 9.47 Å². The van der Waals surface area contributed by atoms with Crippen LogP contribution in [0.2, 0.25) is 0 Å². The molecule has 0 spiro atoms. The molecule has 0 N–H and O–H groups in total. The zero-order chi connectivity index (χ0) is 21.1. The molecule has 0 unspecified atom stereocenters. The van der Waals surface area contributed by atoms with E-state index in [1.54, 1.807) is 0 Å². The lowest BCUT2D eigenvalue weighted by atomic mass is 10.2. The second kappa shape index (κ2) is 11.8. The molecule has 0 atom stereocenters. The predicted octanol–water partition coefficient (Wildman–Crippen LogP) is 6.74. The van der Waals surface area contributed by atoms with Gasteiger partial charge >= 0.3 is 0 Å². The molecule has 0 saturated carbocycles. The molecule has 5 heteroatoms. The molecule has 1 aliphatic heterocycles. The number of rotatable bonds is 0. The van der Waals surface area contributed by atoms with E-state index in [0.29, 0.717) is 6.79 Å². The molecule has 0 aliphatic carbocycles. The molecule has 4 nitrogen and oxygen atoms in total. The molecule has 0 saturated heterocycles. The van der Waals surface area contributed by atoms with Crippen molar-refractivity contribution in [3.05, 3.63) is 83.4 Å². The van der Waals surface area contributed by atoms with Crippen LogP contribution in [0.3, 0.4) is 0 Å². The molecule has 4 aromatic rings. The van der Waals surface area contributed by atoms with E-state index >= 15 is 0 Å². The molecular formula is C24H28N2O2S. The fourth-order valence-corrected chi connectivity index (χ4v) is 3.15. The zero-order valence-corrected chi connectivity index (χ0v) is 18.5. The minimum atomic E-state index is 0.361. The number of hydrogen-bond donors (Lipinski definition) is 0. The van der Waals surface area contributed by atoms with Crippen LogP contribution in [0.15, 0.2) is 66.7 Å². The summed E-state index contributed by atoms with van der Waals surface area (Å²) in [7, 11) is 0. The second-order valence-corrected chi connectivity index (χ2v) is 6.70. The molecule has 5 rings (SSSR count). The average Bonchev–Trinajstić information content (AvgIpc) is 3.42. The highest BCUT2D eigenvalue weighted by atomic mass is 32.1. The number of hydrogen-bond acceptors (Lipinski definition) is 5. The number of ether oxygens (including phenoxy) is 2. The number of nitrogens with zero attached hydrogens (tertiary/aromatic N) is 2. The monoisotopic (exact) mass is 408 g/mol. The van der Waals surface area contributed by atoms with Crippen LogP contribution in [-0.2, 0) is 0 Å². The predicted molar refractivity (Wildman–Crippen MR) is 122 cm³/mol. The zero-order valence-electron chi connectivity index (χ0n) is 17.7. The van der Waals surface area contributed by atoms with Crippen LogP contribution in [0.4, 0.5) is 0 Å². The highest BCUT2D eigenvalue weighted by Crippen LogP contribution is 2.34. The van der Waals surface area contributed by atoms with Gasteiger partial charge in [0, 0.05) is 0 Å². The number of para-hydroxylation sites is 1. The highest BCUT2D eigenvalue weighted by Gasteiger charge is 2.13. The SMILES string of the molecule is CC.Cc1cccc2c1OCO2.Cc1cccc2nsnc12.Cc1ccccc1. The first-order chi connectivity index (χ1) is 14.1. The van der Waals surface area contributed by atoms with Gasteiger partial charge in [-0.2, -0.15) is 8.75 Å². The van der Waals surface area contributed by atoms with Gasteiger partial charge in [0.15, 0.2) is 11.5 Å². The summed E-state index contributed by atoms with van der Waals surface area (Å²) >= 11 is 1.27. The van der Waals surface area contributed by atoms with Gasteiger partial charge in [-0.1, -0.05) is 74.0 Å². The van der Waals surface area contributed by atoms with Crippen LogP contribution in [0.25, 0.3) is 11.0 Å². The van der Waals surface area contributed by atoms with Crippen molar-refractivity contribution >= 4 is 22.8 Å². The minimum Gasteiger partial charge on any atom is -0.454 e. The Labute approximate surface area is 177 Å². The van der Waals surface area contributed by atoms with Crippen molar-refractivity contribution in [2.75, 3.05) is 6.79 Å². The lowest BCUT2D eigenvalue weighted by molar-refractivity contribution is 0.173. The van der Waals surface area contributed by atoms with Gasteiger partial charge in [0.2, 0.25) is 6.79 Å². The third-order valence-corrected chi connectivity index (χ3v) is 4.56. The molecule has 0 radical (unpaired) electrons. The van der Waals surface area contributed by atoms with Crippen molar-refractivity contribution in [2.45, 2.75) is 34.6 Å². The van der Waals surface area contributed by atoms with Gasteiger partial charge in [-0.3, -0.25) is 0 Å². The largest absolute Gasteiger partial charge is 0.454 e. The van der Waals surface area contributed by atoms with E-state index in [1.165, 1.54) is 22.9 Å². The van der Waals surface area contributed by atoms with Gasteiger partial charge in [0.25, 0.3) is 0 Å². The van der Waals surface area contributed by atoms with Gasteiger partial charge in [0.1, 0.15) is 11.0 Å². The number of aromatic nitrogens is 2. The van der Waals surface area contributed by atoms with E-state index in [0.717, 1.165) is 28.1 Å². The third-order valence-electron chi connectivity index (χ3n) is 4.02. The van der Waals surface area contributed by atoms with Crippen molar-refractivity contribution in [2.24, 2.45) is 0 Å². The third kappa shape index (κ3) is 6.57. The summed E-state index contributed by atoms with van der Waals surface area (Å²) in [5, 5.41) is 0. The summed E-state index contributed by atoms with van der Waals surface area (Å²) in [6.45, 7) is 10.5. The number of fused-ring (bicyclic) bond motifs is 2. The quantitative estimate of drug-likeness (QED) is 0.323. The van der Waals surface area contributed by atoms with E-state index in [1.807, 2.05) is 82.3 Å². The molecule has 0 fully saturated rings. The summed E-state index contributed by atoms with van der Waals surface area (Å²) < 4.78 is 18.6. The maximum absolute atomic E-state index is 5.21. The van der Waals surface area contributed by atoms with Crippen molar-refractivity contribution in [3.63, 3.8) is 0 Å². The summed E-state index contributed by atoms with van der Waals surface area (Å²) in [6.07, 6.45) is 0. The van der Waals surface area contributed by atoms with Crippen LogP contribution in [-0.4, -0.2) is 15.5 Å². The minimum absolute atomic E-state index is 0.361. The average molecular weight is 409 g/mol. The Balaban J connectivity index is 0.000000151. The molecule has 29 heavy (non-hydrogen) atoms. The van der Waals surface area contributed by atoms with Gasteiger partial charge in [-0.15, -0.1) is 0 Å². The summed E-state index contributed by atoms with van der Waals surface area (Å²) in [5.41, 5.74) is 5.70. The smallest absolute Gasteiger partial charge is 0.231 e. The molecule has 1 aliphatic rings. The van der Waals surface area contributed by atoms with Crippen molar-refractivity contribution < 1.29 is 9.47 Å². The second-order valence-electron chi connectivity index (χ2n) is 6.17.